The molecule has 1 saturated heterocycles. The van der Waals surface area contributed by atoms with Crippen molar-refractivity contribution in [1.82, 2.24) is 9.47 Å². The Hall–Kier alpha value is -4.50. The Labute approximate surface area is 222 Å². The smallest absolute Gasteiger partial charge is 0.293 e. The van der Waals surface area contributed by atoms with Crippen LogP contribution in [0.5, 0.6) is 11.5 Å². The zero-order valence-electron chi connectivity index (χ0n) is 20.5. The Morgan fingerprint density at radius 2 is 1.76 bits per heavy atom. The molecule has 3 amide bonds. The van der Waals surface area contributed by atoms with Crippen molar-refractivity contribution in [3.05, 3.63) is 94.5 Å². The third-order valence-electron chi connectivity index (χ3n) is 6.57. The molecule has 1 fully saturated rings. The van der Waals surface area contributed by atoms with Gasteiger partial charge in [0.2, 0.25) is 12.7 Å². The number of fused-ring (bicyclic) bond motifs is 2. The highest BCUT2D eigenvalue weighted by Gasteiger charge is 2.35. The average Bonchev–Trinajstić information content (AvgIpc) is 3.57. The summed E-state index contributed by atoms with van der Waals surface area (Å²) >= 11 is 0.936. The number of carbonyl (C=O) groups is 3. The number of anilines is 1. The molecule has 190 valence electrons. The summed E-state index contributed by atoms with van der Waals surface area (Å²) in [7, 11) is 0. The Morgan fingerprint density at radius 3 is 2.61 bits per heavy atom. The predicted molar refractivity (Wildman–Crippen MR) is 146 cm³/mol. The van der Waals surface area contributed by atoms with Crippen LogP contribution in [-0.4, -0.2) is 33.3 Å². The first-order valence-corrected chi connectivity index (χ1v) is 12.9. The van der Waals surface area contributed by atoms with Crippen LogP contribution in [0.25, 0.3) is 17.0 Å². The number of thioether (sulfide) groups is 1. The van der Waals surface area contributed by atoms with Gasteiger partial charge in [-0.15, -0.1) is 0 Å². The van der Waals surface area contributed by atoms with E-state index < -0.39 is 0 Å². The van der Waals surface area contributed by atoms with Gasteiger partial charge in [-0.2, -0.15) is 0 Å². The summed E-state index contributed by atoms with van der Waals surface area (Å²) in [6.07, 6.45) is 1.76. The van der Waals surface area contributed by atoms with E-state index in [0.29, 0.717) is 22.1 Å². The monoisotopic (exact) mass is 525 g/mol. The van der Waals surface area contributed by atoms with Crippen molar-refractivity contribution in [1.29, 1.82) is 0 Å². The summed E-state index contributed by atoms with van der Waals surface area (Å²) in [4.78, 5) is 40.5. The SMILES string of the molecule is Cc1c(/C=C2\SC(=O)N(Cc3ccccc3)C2=O)c2ccccc2n1CC(=O)Nc1ccc2c(c1)OCO2. The summed E-state index contributed by atoms with van der Waals surface area (Å²) in [6.45, 7) is 2.37. The van der Waals surface area contributed by atoms with Gasteiger partial charge in [-0.05, 0) is 48.5 Å². The molecule has 9 heteroatoms. The number of rotatable bonds is 6. The minimum atomic E-state index is -0.319. The Morgan fingerprint density at radius 1 is 1.00 bits per heavy atom. The molecule has 0 saturated carbocycles. The van der Waals surface area contributed by atoms with Gasteiger partial charge < -0.3 is 19.4 Å². The fourth-order valence-corrected chi connectivity index (χ4v) is 5.52. The third-order valence-corrected chi connectivity index (χ3v) is 7.48. The summed E-state index contributed by atoms with van der Waals surface area (Å²) in [5.74, 6) is 0.713. The van der Waals surface area contributed by atoms with Crippen molar-refractivity contribution in [2.75, 3.05) is 12.1 Å². The molecule has 6 rings (SSSR count). The maximum atomic E-state index is 13.2. The molecule has 0 aliphatic carbocycles. The quantitative estimate of drug-likeness (QED) is 0.332. The number of amides is 3. The van der Waals surface area contributed by atoms with Gasteiger partial charge >= 0.3 is 0 Å². The van der Waals surface area contributed by atoms with Crippen molar-refractivity contribution >= 4 is 51.5 Å². The standard InChI is InChI=1S/C29H23N3O5S/c1-18-22(14-26-28(34)32(29(35)38-26)15-19-7-3-2-4-8-19)21-9-5-6-10-23(21)31(18)16-27(33)30-20-11-12-24-25(13-20)37-17-36-24/h2-14H,15-17H2,1H3,(H,30,33)/b26-14-. The first kappa shape index (κ1) is 23.9. The van der Waals surface area contributed by atoms with Crippen LogP contribution in [0.15, 0.2) is 77.7 Å². The molecule has 3 aromatic carbocycles. The third kappa shape index (κ3) is 4.41. The number of carbonyl (C=O) groups excluding carboxylic acids is 3. The zero-order chi connectivity index (χ0) is 26.2. The minimum Gasteiger partial charge on any atom is -0.454 e. The highest BCUT2D eigenvalue weighted by molar-refractivity contribution is 8.18. The molecule has 0 unspecified atom stereocenters. The van der Waals surface area contributed by atoms with Crippen LogP contribution >= 0.6 is 11.8 Å². The fourth-order valence-electron chi connectivity index (χ4n) is 4.70. The second-order valence-corrected chi connectivity index (χ2v) is 9.97. The van der Waals surface area contributed by atoms with Crippen LogP contribution in [0.1, 0.15) is 16.8 Å². The van der Waals surface area contributed by atoms with Crippen molar-refractivity contribution in [2.24, 2.45) is 0 Å². The number of hydrogen-bond acceptors (Lipinski definition) is 6. The molecule has 2 aliphatic heterocycles. The highest BCUT2D eigenvalue weighted by Crippen LogP contribution is 2.37. The Bertz CT molecular complexity index is 1630. The summed E-state index contributed by atoms with van der Waals surface area (Å²) in [5.41, 5.74) is 3.99. The molecule has 38 heavy (non-hydrogen) atoms. The molecular formula is C29H23N3O5S. The number of imide groups is 1. The Balaban J connectivity index is 1.27. The molecule has 0 bridgehead atoms. The lowest BCUT2D eigenvalue weighted by atomic mass is 10.1. The van der Waals surface area contributed by atoms with Gasteiger partial charge in [0, 0.05) is 33.9 Å². The van der Waals surface area contributed by atoms with Gasteiger partial charge in [0.1, 0.15) is 6.54 Å². The lowest BCUT2D eigenvalue weighted by Crippen LogP contribution is -2.27. The normalized spacial score (nSPS) is 15.6. The number of benzene rings is 3. The van der Waals surface area contributed by atoms with E-state index in [1.807, 2.05) is 66.1 Å². The molecule has 1 aromatic heterocycles. The van der Waals surface area contributed by atoms with Gasteiger partial charge in [-0.1, -0.05) is 48.5 Å². The van der Waals surface area contributed by atoms with E-state index >= 15 is 0 Å². The van der Waals surface area contributed by atoms with E-state index in [-0.39, 0.29) is 36.9 Å². The first-order valence-electron chi connectivity index (χ1n) is 12.0. The second-order valence-electron chi connectivity index (χ2n) is 8.97. The van der Waals surface area contributed by atoms with Crippen molar-refractivity contribution < 1.29 is 23.9 Å². The van der Waals surface area contributed by atoms with Crippen LogP contribution in [-0.2, 0) is 22.7 Å². The lowest BCUT2D eigenvalue weighted by Gasteiger charge is -2.12. The molecule has 0 atom stereocenters. The maximum Gasteiger partial charge on any atom is 0.293 e. The van der Waals surface area contributed by atoms with Gasteiger partial charge in [-0.3, -0.25) is 19.3 Å². The van der Waals surface area contributed by atoms with E-state index in [0.717, 1.165) is 39.5 Å². The number of nitrogens with zero attached hydrogens (tertiary/aromatic N) is 2. The molecule has 0 spiro atoms. The number of nitrogens with one attached hydrogen (secondary N) is 1. The zero-order valence-corrected chi connectivity index (χ0v) is 21.3. The number of para-hydroxylation sites is 1. The predicted octanol–water partition coefficient (Wildman–Crippen LogP) is 5.55. The van der Waals surface area contributed by atoms with Gasteiger partial charge in [-0.25, -0.2) is 0 Å². The van der Waals surface area contributed by atoms with Crippen LogP contribution in [0.4, 0.5) is 10.5 Å². The summed E-state index contributed by atoms with van der Waals surface area (Å²) in [5, 5.41) is 3.52. The lowest BCUT2D eigenvalue weighted by molar-refractivity contribution is -0.123. The molecule has 2 aliphatic rings. The molecule has 1 N–H and O–H groups in total. The summed E-state index contributed by atoms with van der Waals surface area (Å²) in [6, 6.07) is 22.4. The fraction of sp³-hybridized carbons (Fsp3) is 0.138. The Kier molecular flexibility index (Phi) is 6.13. The molecule has 4 aromatic rings. The van der Waals surface area contributed by atoms with Gasteiger partial charge in [0.15, 0.2) is 11.5 Å². The van der Waals surface area contributed by atoms with Crippen molar-refractivity contribution in [2.45, 2.75) is 20.0 Å². The van der Waals surface area contributed by atoms with Crippen LogP contribution in [0.3, 0.4) is 0 Å². The molecular weight excluding hydrogens is 502 g/mol. The second kappa shape index (κ2) is 9.75. The molecule has 3 heterocycles. The largest absolute Gasteiger partial charge is 0.454 e. The van der Waals surface area contributed by atoms with E-state index in [1.165, 1.54) is 4.90 Å². The van der Waals surface area contributed by atoms with E-state index in [4.69, 9.17) is 9.47 Å². The number of ether oxygens (including phenoxy) is 2. The van der Waals surface area contributed by atoms with E-state index in [2.05, 4.69) is 5.32 Å². The van der Waals surface area contributed by atoms with Gasteiger partial charge in [0.25, 0.3) is 11.1 Å². The number of hydrogen-bond donors (Lipinski definition) is 1. The van der Waals surface area contributed by atoms with Crippen LogP contribution < -0.4 is 14.8 Å². The van der Waals surface area contributed by atoms with Crippen LogP contribution in [0, 0.1) is 6.92 Å². The molecule has 0 radical (unpaired) electrons. The van der Waals surface area contributed by atoms with Gasteiger partial charge in [0.05, 0.1) is 11.4 Å². The first-order chi connectivity index (χ1) is 18.5. The minimum absolute atomic E-state index is 0.0735. The average molecular weight is 526 g/mol. The highest BCUT2D eigenvalue weighted by atomic mass is 32.2. The van der Waals surface area contributed by atoms with E-state index in [9.17, 15) is 14.4 Å². The van der Waals surface area contributed by atoms with Crippen molar-refractivity contribution in [3.8, 4) is 11.5 Å². The van der Waals surface area contributed by atoms with Crippen molar-refractivity contribution in [3.63, 3.8) is 0 Å². The maximum absolute atomic E-state index is 13.2. The van der Waals surface area contributed by atoms with E-state index in [1.54, 1.807) is 24.3 Å². The molecule has 8 nitrogen and oxygen atoms in total. The topological polar surface area (TPSA) is 89.9 Å². The number of aromatic nitrogens is 1. The van der Waals surface area contributed by atoms with Crippen LogP contribution in [0.2, 0.25) is 0 Å². The summed E-state index contributed by atoms with van der Waals surface area (Å²) < 4.78 is 12.6.